The second-order valence-corrected chi connectivity index (χ2v) is 10.9. The Labute approximate surface area is 211 Å². The molecular weight excluding hydrogens is 462 g/mol. The number of aromatic nitrogens is 2. The van der Waals surface area contributed by atoms with Gasteiger partial charge >= 0.3 is 5.82 Å². The molecule has 9 heteroatoms. The number of ether oxygens (including phenoxy) is 2. The van der Waals surface area contributed by atoms with Crippen molar-refractivity contribution in [1.82, 2.24) is 9.55 Å². The van der Waals surface area contributed by atoms with Crippen LogP contribution in [0.1, 0.15) is 75.5 Å². The molecule has 2 aromatic carbocycles. The van der Waals surface area contributed by atoms with Crippen LogP contribution in [0.15, 0.2) is 30.5 Å². The molecule has 1 aromatic heterocycles. The molecule has 0 aliphatic heterocycles. The number of aromatic hydroxyl groups is 2. The minimum atomic E-state index is -0.795. The molecule has 0 aliphatic carbocycles. The minimum Gasteiger partial charge on any atom is -0.508 e. The number of phenolic OH excluding ortho intramolecular Hbond substituents is 2. The first-order valence-corrected chi connectivity index (χ1v) is 11.6. The third-order valence-electron chi connectivity index (χ3n) is 6.33. The van der Waals surface area contributed by atoms with Crippen LogP contribution in [0.4, 0.5) is 5.82 Å². The first-order chi connectivity index (χ1) is 16.6. The van der Waals surface area contributed by atoms with Gasteiger partial charge in [0.25, 0.3) is 0 Å². The summed E-state index contributed by atoms with van der Waals surface area (Å²) in [5.74, 6) is 0.411. The second kappa shape index (κ2) is 9.37. The molecule has 0 bridgehead atoms. The fourth-order valence-electron chi connectivity index (χ4n) is 4.94. The number of hydrogen-bond donors (Lipinski definition) is 2. The SMILES string of the molecule is COc1ccc(O)c(C(C)(C)C)c1C(c1c(OC)ccc(O)c1C(C)(C)C)c1ncc([N+](=O)[O-])n1C. The summed E-state index contributed by atoms with van der Waals surface area (Å²) in [6, 6.07) is 6.48. The highest BCUT2D eigenvalue weighted by atomic mass is 16.6. The van der Waals surface area contributed by atoms with E-state index in [1.165, 1.54) is 25.0 Å². The Morgan fingerprint density at radius 3 is 1.61 bits per heavy atom. The summed E-state index contributed by atoms with van der Waals surface area (Å²) >= 11 is 0. The van der Waals surface area contributed by atoms with Crippen LogP contribution in [0.3, 0.4) is 0 Å². The lowest BCUT2D eigenvalue weighted by Crippen LogP contribution is -2.24. The van der Waals surface area contributed by atoms with Gasteiger partial charge in [-0.2, -0.15) is 0 Å². The van der Waals surface area contributed by atoms with Crippen molar-refractivity contribution in [3.05, 3.63) is 68.7 Å². The van der Waals surface area contributed by atoms with E-state index in [-0.39, 0.29) is 17.3 Å². The smallest absolute Gasteiger partial charge is 0.342 e. The number of nitrogens with zero attached hydrogens (tertiary/aromatic N) is 3. The lowest BCUT2D eigenvalue weighted by Gasteiger charge is -2.33. The molecule has 0 atom stereocenters. The molecule has 0 amide bonds. The van der Waals surface area contributed by atoms with Gasteiger partial charge in [-0.3, -0.25) is 0 Å². The number of imidazole rings is 1. The monoisotopic (exact) mass is 497 g/mol. The molecule has 0 radical (unpaired) electrons. The minimum absolute atomic E-state index is 0.0587. The standard InChI is InChI=1S/C27H35N3O6/c1-26(2,3)23-15(31)10-12-17(35-8)20(23)22(25-28-14-19(29(25)7)30(33)34)21-18(36-9)13-11-16(32)24(21)27(4,5)6/h10-14,22,31-32H,1-9H3. The summed E-state index contributed by atoms with van der Waals surface area (Å²) in [5.41, 5.74) is 1.28. The number of phenols is 2. The lowest BCUT2D eigenvalue weighted by molar-refractivity contribution is -0.391. The van der Waals surface area contributed by atoms with E-state index in [4.69, 9.17) is 9.47 Å². The van der Waals surface area contributed by atoms with Crippen molar-refractivity contribution in [2.75, 3.05) is 14.2 Å². The molecular formula is C27H35N3O6. The van der Waals surface area contributed by atoms with Crippen LogP contribution in [-0.4, -0.2) is 38.9 Å². The van der Waals surface area contributed by atoms with Crippen molar-refractivity contribution in [1.29, 1.82) is 0 Å². The van der Waals surface area contributed by atoms with Gasteiger partial charge in [0.2, 0.25) is 5.82 Å². The molecule has 3 aromatic rings. The highest BCUT2D eigenvalue weighted by Crippen LogP contribution is 2.52. The van der Waals surface area contributed by atoms with Gasteiger partial charge in [0.05, 0.1) is 27.2 Å². The van der Waals surface area contributed by atoms with Crippen molar-refractivity contribution in [2.24, 2.45) is 7.05 Å². The third kappa shape index (κ3) is 4.57. The van der Waals surface area contributed by atoms with E-state index in [9.17, 15) is 20.3 Å². The zero-order valence-electron chi connectivity index (χ0n) is 22.3. The average Bonchev–Trinajstić information content (AvgIpc) is 3.14. The zero-order valence-corrected chi connectivity index (χ0v) is 22.3. The van der Waals surface area contributed by atoms with Crippen molar-refractivity contribution in [2.45, 2.75) is 58.3 Å². The van der Waals surface area contributed by atoms with E-state index in [0.29, 0.717) is 39.6 Å². The summed E-state index contributed by atoms with van der Waals surface area (Å²) in [6.45, 7) is 11.8. The van der Waals surface area contributed by atoms with Crippen LogP contribution < -0.4 is 9.47 Å². The molecule has 0 fully saturated rings. The quantitative estimate of drug-likeness (QED) is 0.339. The maximum absolute atomic E-state index is 11.8. The number of rotatable bonds is 6. The zero-order chi connectivity index (χ0) is 27.2. The molecule has 0 spiro atoms. The number of hydrogen-bond acceptors (Lipinski definition) is 7. The van der Waals surface area contributed by atoms with Crippen LogP contribution in [0.25, 0.3) is 0 Å². The van der Waals surface area contributed by atoms with E-state index in [2.05, 4.69) is 4.98 Å². The average molecular weight is 498 g/mol. The fraction of sp³-hybridized carbons (Fsp3) is 0.444. The van der Waals surface area contributed by atoms with Crippen molar-refractivity contribution in [3.8, 4) is 23.0 Å². The predicted molar refractivity (Wildman–Crippen MR) is 138 cm³/mol. The molecule has 9 nitrogen and oxygen atoms in total. The molecule has 3 rings (SSSR count). The first kappa shape index (κ1) is 26.8. The van der Waals surface area contributed by atoms with Crippen LogP contribution in [0, 0.1) is 10.1 Å². The van der Waals surface area contributed by atoms with Crippen LogP contribution in [0.2, 0.25) is 0 Å². The topological polar surface area (TPSA) is 120 Å². The van der Waals surface area contributed by atoms with Crippen molar-refractivity contribution >= 4 is 5.82 Å². The predicted octanol–water partition coefficient (Wildman–Crippen LogP) is 5.53. The molecule has 2 N–H and O–H groups in total. The van der Waals surface area contributed by atoms with Gasteiger partial charge in [0.1, 0.15) is 29.2 Å². The summed E-state index contributed by atoms with van der Waals surface area (Å²) < 4.78 is 13.0. The van der Waals surface area contributed by atoms with Crippen LogP contribution in [-0.2, 0) is 17.9 Å². The molecule has 194 valence electrons. The normalized spacial score (nSPS) is 12.2. The summed E-state index contributed by atoms with van der Waals surface area (Å²) in [4.78, 5) is 15.7. The van der Waals surface area contributed by atoms with Crippen molar-refractivity contribution in [3.63, 3.8) is 0 Å². The van der Waals surface area contributed by atoms with Gasteiger partial charge in [0.15, 0.2) is 0 Å². The fourth-order valence-corrected chi connectivity index (χ4v) is 4.94. The maximum atomic E-state index is 11.8. The number of nitro groups is 1. The Hall–Kier alpha value is -3.75. The van der Waals surface area contributed by atoms with Gasteiger partial charge in [-0.1, -0.05) is 41.5 Å². The third-order valence-corrected chi connectivity index (χ3v) is 6.33. The second-order valence-electron chi connectivity index (χ2n) is 10.9. The Kier molecular flexibility index (Phi) is 6.99. The van der Waals surface area contributed by atoms with Crippen LogP contribution in [0.5, 0.6) is 23.0 Å². The Morgan fingerprint density at radius 1 is 0.889 bits per heavy atom. The van der Waals surface area contributed by atoms with Gasteiger partial charge in [-0.15, -0.1) is 0 Å². The van der Waals surface area contributed by atoms with Crippen molar-refractivity contribution < 1.29 is 24.6 Å². The van der Waals surface area contributed by atoms with E-state index in [1.807, 2.05) is 41.5 Å². The molecule has 0 aliphatic rings. The van der Waals surface area contributed by atoms with Crippen LogP contribution >= 0.6 is 0 Å². The van der Waals surface area contributed by atoms with E-state index < -0.39 is 21.7 Å². The maximum Gasteiger partial charge on any atom is 0.342 e. The largest absolute Gasteiger partial charge is 0.508 e. The lowest BCUT2D eigenvalue weighted by atomic mass is 9.72. The Balaban J connectivity index is 2.65. The highest BCUT2D eigenvalue weighted by molar-refractivity contribution is 5.64. The summed E-state index contributed by atoms with van der Waals surface area (Å²) in [7, 11) is 4.64. The van der Waals surface area contributed by atoms with Gasteiger partial charge in [-0.05, 0) is 40.0 Å². The van der Waals surface area contributed by atoms with Gasteiger partial charge in [0, 0.05) is 22.3 Å². The Morgan fingerprint density at radius 2 is 1.31 bits per heavy atom. The molecule has 1 heterocycles. The molecule has 0 saturated carbocycles. The molecule has 36 heavy (non-hydrogen) atoms. The Bertz CT molecular complexity index is 1230. The number of methoxy groups -OCH3 is 2. The van der Waals surface area contributed by atoms with E-state index >= 15 is 0 Å². The van der Waals surface area contributed by atoms with E-state index in [1.54, 1.807) is 31.3 Å². The van der Waals surface area contributed by atoms with Gasteiger partial charge in [-0.25, -0.2) is 9.55 Å². The summed E-state index contributed by atoms with van der Waals surface area (Å²) in [6.07, 6.45) is 1.21. The molecule has 0 unspecified atom stereocenters. The number of benzene rings is 2. The highest BCUT2D eigenvalue weighted by Gasteiger charge is 2.40. The van der Waals surface area contributed by atoms with E-state index in [0.717, 1.165) is 0 Å². The summed E-state index contributed by atoms with van der Waals surface area (Å²) in [5, 5.41) is 33.9. The van der Waals surface area contributed by atoms with Gasteiger partial charge < -0.3 is 29.8 Å². The first-order valence-electron chi connectivity index (χ1n) is 11.6. The molecule has 0 saturated heterocycles.